The molecule has 1 N–H and O–H groups in total. The van der Waals surface area contributed by atoms with Gasteiger partial charge in [-0.1, -0.05) is 25.0 Å². The maximum atomic E-state index is 10.1. The Morgan fingerprint density at radius 2 is 1.78 bits per heavy atom. The van der Waals surface area contributed by atoms with E-state index in [2.05, 4.69) is 11.7 Å². The van der Waals surface area contributed by atoms with Gasteiger partial charge in [-0.3, -0.25) is 9.59 Å². The molecular weight excluding hydrogens is 232 g/mol. The second kappa shape index (κ2) is 13.5. The van der Waals surface area contributed by atoms with Crippen LogP contribution in [0.5, 0.6) is 0 Å². The summed E-state index contributed by atoms with van der Waals surface area (Å²) in [6.45, 7) is 7.37. The average Bonchev–Trinajstić information content (AvgIpc) is 2.24. The lowest BCUT2D eigenvalue weighted by atomic mass is 10.2. The van der Waals surface area contributed by atoms with E-state index in [0.717, 1.165) is 12.8 Å². The molecule has 0 aromatic carbocycles. The number of allylic oxidation sites excluding steroid dienone is 3. The molecule has 0 bridgehead atoms. The van der Waals surface area contributed by atoms with Crippen molar-refractivity contribution in [2.24, 2.45) is 0 Å². The van der Waals surface area contributed by atoms with Crippen LogP contribution in [0.4, 0.5) is 0 Å². The van der Waals surface area contributed by atoms with Gasteiger partial charge in [0.25, 0.3) is 0 Å². The van der Waals surface area contributed by atoms with Crippen molar-refractivity contribution in [2.45, 2.75) is 53.4 Å². The number of carboxylic acids is 1. The van der Waals surface area contributed by atoms with E-state index in [1.807, 2.05) is 26.0 Å². The molecule has 4 nitrogen and oxygen atoms in total. The van der Waals surface area contributed by atoms with Gasteiger partial charge >= 0.3 is 11.9 Å². The van der Waals surface area contributed by atoms with Crippen molar-refractivity contribution in [3.05, 3.63) is 24.0 Å². The minimum atomic E-state index is -0.729. The van der Waals surface area contributed by atoms with Crippen LogP contribution in [0.3, 0.4) is 0 Å². The number of ether oxygens (including phenoxy) is 1. The van der Waals surface area contributed by atoms with Crippen LogP contribution >= 0.6 is 0 Å². The van der Waals surface area contributed by atoms with Gasteiger partial charge in [0.15, 0.2) is 0 Å². The molecule has 0 saturated heterocycles. The van der Waals surface area contributed by atoms with Crippen molar-refractivity contribution in [1.82, 2.24) is 0 Å². The third-order valence-corrected chi connectivity index (χ3v) is 1.70. The Bertz CT molecular complexity index is 286. The number of carbonyl (C=O) groups is 2. The first-order valence-electron chi connectivity index (χ1n) is 6.07. The Balaban J connectivity index is 0. The minimum absolute atomic E-state index is 0.241. The fourth-order valence-corrected chi connectivity index (χ4v) is 0.863. The van der Waals surface area contributed by atoms with E-state index in [9.17, 15) is 9.59 Å². The number of carboxylic acid groups (broad SMARTS) is 1. The van der Waals surface area contributed by atoms with Crippen molar-refractivity contribution >= 4 is 11.9 Å². The Hall–Kier alpha value is -1.58. The summed E-state index contributed by atoms with van der Waals surface area (Å²) in [7, 11) is 0. The van der Waals surface area contributed by atoms with Crippen LogP contribution in [0.25, 0.3) is 0 Å². The molecule has 0 aromatic heterocycles. The Kier molecular flexibility index (Phi) is 14.1. The fraction of sp³-hybridized carbons (Fsp3) is 0.571. The SMILES string of the molecule is CC(C)=CCCC(=O)O.CCCC=COC(C)=O. The standard InChI is InChI=1S/2C7H12O2/c1-6(2)4-3-5-7(8)9;1-3-4-5-6-9-7(2)8/h4H,3,5H2,1-2H3,(H,8,9);5-6H,3-4H2,1-2H3. The van der Waals surface area contributed by atoms with Gasteiger partial charge in [-0.25, -0.2) is 0 Å². The summed E-state index contributed by atoms with van der Waals surface area (Å²) in [6, 6.07) is 0. The van der Waals surface area contributed by atoms with Gasteiger partial charge in [-0.2, -0.15) is 0 Å². The lowest BCUT2D eigenvalue weighted by Crippen LogP contribution is -1.91. The van der Waals surface area contributed by atoms with E-state index in [1.165, 1.54) is 18.8 Å². The van der Waals surface area contributed by atoms with Gasteiger partial charge in [-0.05, 0) is 32.8 Å². The zero-order valence-corrected chi connectivity index (χ0v) is 11.7. The predicted octanol–water partition coefficient (Wildman–Crippen LogP) is 3.68. The molecule has 0 fully saturated rings. The van der Waals surface area contributed by atoms with E-state index < -0.39 is 5.97 Å². The van der Waals surface area contributed by atoms with Gasteiger partial charge in [-0.15, -0.1) is 0 Å². The second-order valence-corrected chi connectivity index (χ2v) is 3.98. The summed E-state index contributed by atoms with van der Waals surface area (Å²) in [5.74, 6) is -0.991. The van der Waals surface area contributed by atoms with E-state index in [-0.39, 0.29) is 12.4 Å². The van der Waals surface area contributed by atoms with E-state index in [0.29, 0.717) is 6.42 Å². The summed E-state index contributed by atoms with van der Waals surface area (Å²) >= 11 is 0. The summed E-state index contributed by atoms with van der Waals surface area (Å²) in [4.78, 5) is 20.1. The van der Waals surface area contributed by atoms with Crippen LogP contribution in [0, 0.1) is 0 Å². The Morgan fingerprint density at radius 1 is 1.17 bits per heavy atom. The van der Waals surface area contributed by atoms with Crippen LogP contribution in [-0.4, -0.2) is 17.0 Å². The van der Waals surface area contributed by atoms with Crippen molar-refractivity contribution in [3.8, 4) is 0 Å². The molecular formula is C14H24O4. The van der Waals surface area contributed by atoms with Crippen LogP contribution < -0.4 is 0 Å². The van der Waals surface area contributed by atoms with Crippen molar-refractivity contribution < 1.29 is 19.4 Å². The van der Waals surface area contributed by atoms with Crippen LogP contribution in [0.2, 0.25) is 0 Å². The maximum Gasteiger partial charge on any atom is 0.307 e. The highest BCUT2D eigenvalue weighted by atomic mass is 16.5. The lowest BCUT2D eigenvalue weighted by molar-refractivity contribution is -0.137. The highest BCUT2D eigenvalue weighted by Crippen LogP contribution is 1.95. The zero-order valence-electron chi connectivity index (χ0n) is 11.7. The maximum absolute atomic E-state index is 10.1. The first-order chi connectivity index (χ1) is 8.40. The van der Waals surface area contributed by atoms with Crippen molar-refractivity contribution in [1.29, 1.82) is 0 Å². The molecule has 0 heterocycles. The number of rotatable bonds is 6. The molecule has 0 atom stereocenters. The first kappa shape index (κ1) is 18.8. The molecule has 0 aliphatic carbocycles. The normalized spacial score (nSPS) is 9.33. The molecule has 4 heteroatoms. The average molecular weight is 256 g/mol. The third-order valence-electron chi connectivity index (χ3n) is 1.70. The lowest BCUT2D eigenvalue weighted by Gasteiger charge is -1.88. The molecule has 0 aromatic rings. The smallest absolute Gasteiger partial charge is 0.307 e. The van der Waals surface area contributed by atoms with Crippen LogP contribution in [-0.2, 0) is 14.3 Å². The molecule has 0 saturated carbocycles. The van der Waals surface area contributed by atoms with Gasteiger partial charge in [0.1, 0.15) is 0 Å². The second-order valence-electron chi connectivity index (χ2n) is 3.98. The van der Waals surface area contributed by atoms with E-state index >= 15 is 0 Å². The molecule has 0 amide bonds. The van der Waals surface area contributed by atoms with Gasteiger partial charge in [0.2, 0.25) is 0 Å². The first-order valence-corrected chi connectivity index (χ1v) is 6.07. The number of carbonyl (C=O) groups excluding carboxylic acids is 1. The number of esters is 1. The fourth-order valence-electron chi connectivity index (χ4n) is 0.863. The predicted molar refractivity (Wildman–Crippen MR) is 72.1 cm³/mol. The van der Waals surface area contributed by atoms with Crippen LogP contribution in [0.15, 0.2) is 24.0 Å². The number of aliphatic carboxylic acids is 1. The van der Waals surface area contributed by atoms with Gasteiger partial charge in [0, 0.05) is 13.3 Å². The monoisotopic (exact) mass is 256 g/mol. The third kappa shape index (κ3) is 23.9. The molecule has 104 valence electrons. The molecule has 0 unspecified atom stereocenters. The van der Waals surface area contributed by atoms with Gasteiger partial charge < -0.3 is 9.84 Å². The topological polar surface area (TPSA) is 63.6 Å². The van der Waals surface area contributed by atoms with Crippen molar-refractivity contribution in [3.63, 3.8) is 0 Å². The quantitative estimate of drug-likeness (QED) is 0.447. The highest BCUT2D eigenvalue weighted by Gasteiger charge is 1.91. The molecule has 0 spiro atoms. The van der Waals surface area contributed by atoms with E-state index in [1.54, 1.807) is 0 Å². The Morgan fingerprint density at radius 3 is 2.17 bits per heavy atom. The zero-order chi connectivity index (χ0) is 14.4. The molecule has 0 aliphatic rings. The molecule has 0 rings (SSSR count). The summed E-state index contributed by atoms with van der Waals surface area (Å²) < 4.78 is 4.52. The number of hydrogen-bond donors (Lipinski definition) is 1. The van der Waals surface area contributed by atoms with E-state index in [4.69, 9.17) is 5.11 Å². The van der Waals surface area contributed by atoms with Crippen molar-refractivity contribution in [2.75, 3.05) is 0 Å². The molecule has 0 aliphatic heterocycles. The number of hydrogen-bond acceptors (Lipinski definition) is 3. The summed E-state index contributed by atoms with van der Waals surface area (Å²) in [5, 5.41) is 8.20. The minimum Gasteiger partial charge on any atom is -0.481 e. The Labute approximate surface area is 109 Å². The molecule has 18 heavy (non-hydrogen) atoms. The van der Waals surface area contributed by atoms with Gasteiger partial charge in [0.05, 0.1) is 6.26 Å². The largest absolute Gasteiger partial charge is 0.481 e. The molecule has 0 radical (unpaired) electrons. The summed E-state index contributed by atoms with van der Waals surface area (Å²) in [5.41, 5.74) is 1.18. The summed E-state index contributed by atoms with van der Waals surface area (Å²) in [6.07, 6.45) is 8.13. The van der Waals surface area contributed by atoms with Crippen LogP contribution in [0.1, 0.15) is 53.4 Å². The highest BCUT2D eigenvalue weighted by molar-refractivity contribution is 5.67. The number of unbranched alkanes of at least 4 members (excludes halogenated alkanes) is 1.